The zero-order valence-corrected chi connectivity index (χ0v) is 25.1. The van der Waals surface area contributed by atoms with Gasteiger partial charge in [0.25, 0.3) is 10.0 Å². The molecule has 0 aliphatic heterocycles. The SMILES string of the molecule is Cc1c(S(=O)(=O)NCO[P+](=O)Oc2ccc(C#N)nc2)sc2cc(OCCC[NH3+])c(OCCC[NH3+])cc12.[Cl-].[Cl-]. The average Bonchev–Trinajstić information content (AvgIpc) is 3.21. The summed E-state index contributed by atoms with van der Waals surface area (Å²) in [4.78, 5) is 3.79. The minimum Gasteiger partial charge on any atom is -1.00 e. The summed E-state index contributed by atoms with van der Waals surface area (Å²) in [7, 11) is -6.67. The van der Waals surface area contributed by atoms with Crippen molar-refractivity contribution < 1.29 is 67.8 Å². The van der Waals surface area contributed by atoms with E-state index in [4.69, 9.17) is 23.8 Å². The van der Waals surface area contributed by atoms with E-state index in [9.17, 15) is 13.0 Å². The van der Waals surface area contributed by atoms with Crippen LogP contribution in [0, 0.1) is 18.3 Å². The summed E-state index contributed by atoms with van der Waals surface area (Å²) in [5.74, 6) is 1.19. The van der Waals surface area contributed by atoms with Crippen molar-refractivity contribution in [3.8, 4) is 23.3 Å². The molecule has 0 bridgehead atoms. The van der Waals surface area contributed by atoms with Crippen LogP contribution in [0.15, 0.2) is 34.7 Å². The first-order valence-corrected chi connectivity index (χ1v) is 14.7. The maximum atomic E-state index is 13.0. The van der Waals surface area contributed by atoms with E-state index in [2.05, 4.69) is 21.2 Å². The molecule has 0 saturated carbocycles. The van der Waals surface area contributed by atoms with Gasteiger partial charge in [-0.05, 0) is 30.7 Å². The highest BCUT2D eigenvalue weighted by Crippen LogP contribution is 2.41. The van der Waals surface area contributed by atoms with Crippen molar-refractivity contribution in [1.29, 1.82) is 5.26 Å². The minimum absolute atomic E-state index is 0. The third-order valence-corrected chi connectivity index (χ3v) is 8.91. The lowest BCUT2D eigenvalue weighted by molar-refractivity contribution is -0.369. The van der Waals surface area contributed by atoms with E-state index in [0.29, 0.717) is 30.3 Å². The number of thiophene rings is 1. The molecule has 2 aromatic heterocycles. The number of rotatable bonds is 15. The predicted molar refractivity (Wildman–Crippen MR) is 136 cm³/mol. The van der Waals surface area contributed by atoms with Crippen LogP contribution in [-0.2, 0) is 19.1 Å². The Kier molecular flexibility index (Phi) is 14.9. The third-order valence-electron chi connectivity index (χ3n) is 4.96. The first kappa shape index (κ1) is 34.7. The molecule has 1 unspecified atom stereocenters. The molecule has 0 amide bonds. The molecule has 0 saturated heterocycles. The number of fused-ring (bicyclic) bond motifs is 1. The number of aromatic nitrogens is 1. The Morgan fingerprint density at radius 1 is 1.10 bits per heavy atom. The molecule has 1 atom stereocenters. The van der Waals surface area contributed by atoms with E-state index < -0.39 is 25.0 Å². The molecule has 39 heavy (non-hydrogen) atoms. The molecule has 0 aliphatic carbocycles. The molecule has 1 aromatic carbocycles. The van der Waals surface area contributed by atoms with Gasteiger partial charge in [0.15, 0.2) is 18.2 Å². The maximum Gasteiger partial charge on any atom is 0.751 e. The summed E-state index contributed by atoms with van der Waals surface area (Å²) in [5, 5.41) is 9.49. The van der Waals surface area contributed by atoms with Gasteiger partial charge in [0.2, 0.25) is 5.75 Å². The number of nitrogens with zero attached hydrogens (tertiary/aromatic N) is 2. The van der Waals surface area contributed by atoms with Gasteiger partial charge >= 0.3 is 8.25 Å². The summed E-state index contributed by atoms with van der Waals surface area (Å²) in [6.07, 6.45) is 2.77. The highest BCUT2D eigenvalue weighted by molar-refractivity contribution is 7.91. The van der Waals surface area contributed by atoms with Gasteiger partial charge in [-0.25, -0.2) is 17.9 Å². The number of benzene rings is 1. The van der Waals surface area contributed by atoms with Crippen LogP contribution < -0.4 is 55.0 Å². The highest BCUT2D eigenvalue weighted by Gasteiger charge is 2.27. The summed E-state index contributed by atoms with van der Waals surface area (Å²) in [6.45, 7) is 3.52. The monoisotopic (exact) mass is 640 g/mol. The van der Waals surface area contributed by atoms with Gasteiger partial charge in [-0.3, -0.25) is 0 Å². The molecule has 2 heterocycles. The zero-order valence-electron chi connectivity index (χ0n) is 21.0. The lowest BCUT2D eigenvalue weighted by atomic mass is 10.2. The number of nitriles is 1. The van der Waals surface area contributed by atoms with Gasteiger partial charge in [-0.1, -0.05) is 4.52 Å². The molecule has 0 fully saturated rings. The Morgan fingerprint density at radius 3 is 2.31 bits per heavy atom. The van der Waals surface area contributed by atoms with Crippen molar-refractivity contribution >= 4 is 39.7 Å². The standard InChI is InChI=1S/C22H27N5O7PS2.2ClH/c1-15-18-10-19(31-8-2-6-23)20(32-9-3-7-24)11-21(18)36-22(15)37(29,30)27-14-33-35(28)34-17-5-4-16(12-25)26-13-17;;/h4-5,10-11,13,27H,2-3,6-9,14,23-24H2,1H3;2*1H/q+1;;. The average molecular weight is 642 g/mol. The number of hydrogen-bond acceptors (Lipinski definition) is 10. The largest absolute Gasteiger partial charge is 1.00 e. The number of pyridine rings is 1. The zero-order chi connectivity index (χ0) is 26.8. The van der Waals surface area contributed by atoms with Crippen molar-refractivity contribution in [3.05, 3.63) is 41.7 Å². The number of sulfonamides is 1. The Bertz CT molecular complexity index is 1390. The molecule has 17 heteroatoms. The molecule has 0 radical (unpaired) electrons. The lowest BCUT2D eigenvalue weighted by Crippen LogP contribution is -3.00. The Labute approximate surface area is 243 Å². The third kappa shape index (κ3) is 9.68. The lowest BCUT2D eigenvalue weighted by Gasteiger charge is -2.12. The van der Waals surface area contributed by atoms with Gasteiger partial charge in [0.1, 0.15) is 16.0 Å². The molecule has 214 valence electrons. The van der Waals surface area contributed by atoms with Gasteiger partial charge in [-0.15, -0.1) is 11.3 Å². The fraction of sp³-hybridized carbons (Fsp3) is 0.364. The molecule has 3 aromatic rings. The minimum atomic E-state index is -3.98. The molecule has 0 aliphatic rings. The second-order valence-corrected chi connectivity index (χ2v) is 11.6. The molecule has 12 nitrogen and oxygen atoms in total. The van der Waals surface area contributed by atoms with Gasteiger partial charge in [-0.2, -0.15) is 9.98 Å². The first-order chi connectivity index (χ1) is 17.8. The van der Waals surface area contributed by atoms with Gasteiger partial charge in [0.05, 0.1) is 32.5 Å². The van der Waals surface area contributed by atoms with Crippen LogP contribution in [0.2, 0.25) is 0 Å². The molecule has 0 spiro atoms. The Morgan fingerprint density at radius 2 is 1.74 bits per heavy atom. The van der Waals surface area contributed by atoms with Gasteiger partial charge in [0, 0.05) is 33.6 Å². The second kappa shape index (κ2) is 16.7. The fourth-order valence-electron chi connectivity index (χ4n) is 3.09. The van der Waals surface area contributed by atoms with Crippen molar-refractivity contribution in [2.24, 2.45) is 0 Å². The van der Waals surface area contributed by atoms with E-state index in [1.165, 1.54) is 18.3 Å². The maximum absolute atomic E-state index is 13.0. The molecule has 7 N–H and O–H groups in total. The smallest absolute Gasteiger partial charge is 0.751 e. The van der Waals surface area contributed by atoms with E-state index in [1.807, 2.05) is 6.07 Å². The van der Waals surface area contributed by atoms with E-state index in [0.717, 1.165) is 47.4 Å². The van der Waals surface area contributed by atoms with Crippen molar-refractivity contribution in [2.45, 2.75) is 24.0 Å². The fourth-order valence-corrected chi connectivity index (χ4v) is 6.37. The number of halogens is 2. The molecular weight excluding hydrogens is 612 g/mol. The number of quaternary nitrogens is 2. The normalized spacial score (nSPS) is 11.2. The van der Waals surface area contributed by atoms with Crippen LogP contribution in [0.4, 0.5) is 0 Å². The van der Waals surface area contributed by atoms with Crippen LogP contribution in [0.5, 0.6) is 17.2 Å². The van der Waals surface area contributed by atoms with Crippen LogP contribution in [0.1, 0.15) is 24.1 Å². The van der Waals surface area contributed by atoms with Crippen LogP contribution >= 0.6 is 19.6 Å². The first-order valence-electron chi connectivity index (χ1n) is 11.3. The topological polar surface area (TPSA) is 192 Å². The number of hydrogen-bond donors (Lipinski definition) is 3. The molecular formula is C22H29Cl2N5O7PS2+. The summed E-state index contributed by atoms with van der Waals surface area (Å²) >= 11 is 1.08. The van der Waals surface area contributed by atoms with Gasteiger partial charge < -0.3 is 45.8 Å². The van der Waals surface area contributed by atoms with E-state index in [-0.39, 0.29) is 40.5 Å². The quantitative estimate of drug-likeness (QED) is 0.0834. The Balaban J connectivity index is 0.00000380. The summed E-state index contributed by atoms with van der Waals surface area (Å²) in [5.41, 5.74) is 8.35. The molecule has 3 rings (SSSR count). The Hall–Kier alpha value is -2.31. The van der Waals surface area contributed by atoms with Crippen LogP contribution in [0.3, 0.4) is 0 Å². The van der Waals surface area contributed by atoms with Crippen molar-refractivity contribution in [3.63, 3.8) is 0 Å². The van der Waals surface area contributed by atoms with Crippen LogP contribution in [-0.4, -0.2) is 46.4 Å². The van der Waals surface area contributed by atoms with Crippen LogP contribution in [0.25, 0.3) is 10.1 Å². The van der Waals surface area contributed by atoms with E-state index >= 15 is 0 Å². The van der Waals surface area contributed by atoms with Crippen molar-refractivity contribution in [1.82, 2.24) is 9.71 Å². The second-order valence-electron chi connectivity index (χ2n) is 7.65. The van der Waals surface area contributed by atoms with E-state index in [1.54, 1.807) is 19.1 Å². The number of nitrogens with one attached hydrogen (secondary N) is 1. The highest BCUT2D eigenvalue weighted by atomic mass is 35.5. The van der Waals surface area contributed by atoms with Crippen molar-refractivity contribution in [2.75, 3.05) is 33.0 Å². The number of ether oxygens (including phenoxy) is 2. The summed E-state index contributed by atoms with van der Waals surface area (Å²) in [6, 6.07) is 8.21. The number of aryl methyl sites for hydroxylation is 1. The predicted octanol–water partition coefficient (Wildman–Crippen LogP) is -4.51. The summed E-state index contributed by atoms with van der Waals surface area (Å²) < 4.78 is 62.9.